The van der Waals surface area contributed by atoms with Gasteiger partial charge in [0, 0.05) is 12.6 Å². The molecule has 0 unspecified atom stereocenters. The third kappa shape index (κ3) is 2.27. The van der Waals surface area contributed by atoms with Crippen LogP contribution in [0.3, 0.4) is 0 Å². The van der Waals surface area contributed by atoms with Crippen LogP contribution in [0.1, 0.15) is 0 Å². The molecule has 1 rings (SSSR count). The normalized spacial score (nSPS) is 15.7. The molecule has 0 saturated heterocycles. The lowest BCUT2D eigenvalue weighted by Gasteiger charge is -2.23. The number of aliphatic hydroxyl groups excluding tert-OH is 2. The van der Waals surface area contributed by atoms with Gasteiger partial charge in [-0.2, -0.15) is 0 Å². The molecule has 5 nitrogen and oxygen atoms in total. The lowest BCUT2D eigenvalue weighted by atomic mass is 10.1. The van der Waals surface area contributed by atoms with E-state index in [1.54, 1.807) is 0 Å². The molecular formula is C9H11NO4. The molecule has 0 aromatic carbocycles. The average Bonchev–Trinajstić information content (AvgIpc) is 2.18. The van der Waals surface area contributed by atoms with Gasteiger partial charge in [0.2, 0.25) is 5.78 Å². The van der Waals surface area contributed by atoms with E-state index in [2.05, 4.69) is 0 Å². The molecule has 0 aromatic rings. The zero-order valence-electron chi connectivity index (χ0n) is 7.51. The standard InChI is InChI=1S/C9H11NO4/c11-4-3-10(6-12)8-5-7(13)1-2-9(8)14/h1-2,5,11-12H,3-4,6H2. The van der Waals surface area contributed by atoms with Gasteiger partial charge in [-0.25, -0.2) is 0 Å². The number of carbonyl (C=O) groups is 2. The minimum absolute atomic E-state index is 0.119. The highest BCUT2D eigenvalue weighted by atomic mass is 16.3. The molecule has 0 spiro atoms. The summed E-state index contributed by atoms with van der Waals surface area (Å²) in [6.45, 7) is -0.475. The number of ketones is 2. The van der Waals surface area contributed by atoms with Gasteiger partial charge in [-0.1, -0.05) is 0 Å². The molecule has 2 N–H and O–H groups in total. The number of hydrogen-bond acceptors (Lipinski definition) is 5. The van der Waals surface area contributed by atoms with E-state index in [1.165, 1.54) is 11.0 Å². The number of carbonyl (C=O) groups excluding carboxylic acids is 2. The minimum atomic E-state index is -0.404. The Morgan fingerprint density at radius 3 is 2.50 bits per heavy atom. The molecule has 0 saturated carbocycles. The molecule has 0 fully saturated rings. The first-order valence-electron chi connectivity index (χ1n) is 4.13. The third-order valence-corrected chi connectivity index (χ3v) is 1.81. The summed E-state index contributed by atoms with van der Waals surface area (Å²) in [7, 11) is 0. The predicted molar refractivity (Wildman–Crippen MR) is 48.1 cm³/mol. The summed E-state index contributed by atoms with van der Waals surface area (Å²) >= 11 is 0. The van der Waals surface area contributed by atoms with Crippen molar-refractivity contribution in [2.75, 3.05) is 19.9 Å². The van der Waals surface area contributed by atoms with E-state index in [9.17, 15) is 9.59 Å². The number of aliphatic hydroxyl groups is 2. The monoisotopic (exact) mass is 197 g/mol. The maximum Gasteiger partial charge on any atom is 0.202 e. The van der Waals surface area contributed by atoms with Crippen molar-refractivity contribution in [3.8, 4) is 0 Å². The summed E-state index contributed by atoms with van der Waals surface area (Å²) < 4.78 is 0. The predicted octanol–water partition coefficient (Wildman–Crippen LogP) is -1.18. The summed E-state index contributed by atoms with van der Waals surface area (Å²) in [5.41, 5.74) is 0.119. The van der Waals surface area contributed by atoms with E-state index < -0.39 is 6.73 Å². The molecule has 5 heteroatoms. The topological polar surface area (TPSA) is 77.8 Å². The summed E-state index contributed by atoms with van der Waals surface area (Å²) in [5.74, 6) is -0.636. The number of hydrogen-bond donors (Lipinski definition) is 2. The van der Waals surface area contributed by atoms with Gasteiger partial charge in [-0.15, -0.1) is 0 Å². The van der Waals surface area contributed by atoms with Crippen molar-refractivity contribution < 1.29 is 19.8 Å². The average molecular weight is 197 g/mol. The maximum absolute atomic E-state index is 11.3. The van der Waals surface area contributed by atoms with Crippen LogP contribution >= 0.6 is 0 Å². The van der Waals surface area contributed by atoms with Crippen LogP contribution in [0.25, 0.3) is 0 Å². The molecule has 0 aromatic heterocycles. The molecule has 14 heavy (non-hydrogen) atoms. The van der Waals surface area contributed by atoms with Crippen molar-refractivity contribution in [2.24, 2.45) is 0 Å². The van der Waals surface area contributed by atoms with E-state index in [1.807, 2.05) is 0 Å². The number of rotatable bonds is 4. The zero-order valence-corrected chi connectivity index (χ0v) is 7.51. The van der Waals surface area contributed by atoms with Crippen LogP contribution in [0.4, 0.5) is 0 Å². The Balaban J connectivity index is 2.83. The van der Waals surface area contributed by atoms with Crippen LogP contribution < -0.4 is 0 Å². The van der Waals surface area contributed by atoms with Gasteiger partial charge in [0.1, 0.15) is 6.73 Å². The van der Waals surface area contributed by atoms with Crippen molar-refractivity contribution in [2.45, 2.75) is 0 Å². The van der Waals surface area contributed by atoms with Crippen molar-refractivity contribution in [1.29, 1.82) is 0 Å². The Labute approximate surface area is 80.9 Å². The summed E-state index contributed by atoms with van der Waals surface area (Å²) in [4.78, 5) is 23.5. The van der Waals surface area contributed by atoms with E-state index >= 15 is 0 Å². The molecular weight excluding hydrogens is 186 g/mol. The lowest BCUT2D eigenvalue weighted by Crippen LogP contribution is -2.32. The molecule has 0 aliphatic heterocycles. The molecule has 0 radical (unpaired) electrons. The van der Waals surface area contributed by atoms with Crippen molar-refractivity contribution in [3.63, 3.8) is 0 Å². The first-order valence-corrected chi connectivity index (χ1v) is 4.13. The molecule has 1 aliphatic carbocycles. The summed E-state index contributed by atoms with van der Waals surface area (Å²) in [6.07, 6.45) is 3.46. The largest absolute Gasteiger partial charge is 0.395 e. The Bertz CT molecular complexity index is 306. The lowest BCUT2D eigenvalue weighted by molar-refractivity contribution is -0.116. The zero-order chi connectivity index (χ0) is 10.6. The maximum atomic E-state index is 11.3. The third-order valence-electron chi connectivity index (χ3n) is 1.81. The van der Waals surface area contributed by atoms with Crippen LogP contribution in [-0.2, 0) is 9.59 Å². The van der Waals surface area contributed by atoms with Crippen molar-refractivity contribution in [1.82, 2.24) is 4.90 Å². The second-order valence-corrected chi connectivity index (χ2v) is 2.76. The van der Waals surface area contributed by atoms with Crippen LogP contribution in [-0.4, -0.2) is 46.6 Å². The van der Waals surface area contributed by atoms with Gasteiger partial charge in [-0.3, -0.25) is 9.59 Å². The van der Waals surface area contributed by atoms with E-state index in [0.717, 1.165) is 12.2 Å². The molecule has 0 heterocycles. The first-order chi connectivity index (χ1) is 6.69. The number of allylic oxidation sites excluding steroid dienone is 3. The molecule has 1 aliphatic rings. The van der Waals surface area contributed by atoms with Gasteiger partial charge in [0.15, 0.2) is 5.78 Å². The second kappa shape index (κ2) is 4.69. The molecule has 0 atom stereocenters. The summed E-state index contributed by atoms with van der Waals surface area (Å²) in [6, 6.07) is 0. The summed E-state index contributed by atoms with van der Waals surface area (Å²) in [5, 5.41) is 17.6. The smallest absolute Gasteiger partial charge is 0.202 e. The van der Waals surface area contributed by atoms with Crippen molar-refractivity contribution >= 4 is 11.6 Å². The quantitative estimate of drug-likeness (QED) is 0.438. The van der Waals surface area contributed by atoms with Crippen LogP contribution in [0, 0.1) is 0 Å². The van der Waals surface area contributed by atoms with Crippen LogP contribution in [0.15, 0.2) is 23.9 Å². The van der Waals surface area contributed by atoms with E-state index in [-0.39, 0.29) is 30.4 Å². The SMILES string of the molecule is O=C1C=CC(=O)C(N(CO)CCO)=C1. The fourth-order valence-corrected chi connectivity index (χ4v) is 1.13. The van der Waals surface area contributed by atoms with Gasteiger partial charge in [-0.05, 0) is 12.2 Å². The Morgan fingerprint density at radius 2 is 1.93 bits per heavy atom. The van der Waals surface area contributed by atoms with Gasteiger partial charge in [0.05, 0.1) is 12.3 Å². The van der Waals surface area contributed by atoms with E-state index in [4.69, 9.17) is 10.2 Å². The molecule has 76 valence electrons. The Morgan fingerprint density at radius 1 is 1.21 bits per heavy atom. The highest BCUT2D eigenvalue weighted by Gasteiger charge is 2.18. The Kier molecular flexibility index (Phi) is 3.55. The van der Waals surface area contributed by atoms with E-state index in [0.29, 0.717) is 0 Å². The molecule has 0 bridgehead atoms. The van der Waals surface area contributed by atoms with Crippen LogP contribution in [0.2, 0.25) is 0 Å². The fraction of sp³-hybridized carbons (Fsp3) is 0.333. The molecule has 0 amide bonds. The number of nitrogens with zero attached hydrogens (tertiary/aromatic N) is 1. The Hall–Kier alpha value is -1.46. The first kappa shape index (κ1) is 10.6. The van der Waals surface area contributed by atoms with Crippen molar-refractivity contribution in [3.05, 3.63) is 23.9 Å². The van der Waals surface area contributed by atoms with Gasteiger partial charge < -0.3 is 15.1 Å². The van der Waals surface area contributed by atoms with Crippen LogP contribution in [0.5, 0.6) is 0 Å². The van der Waals surface area contributed by atoms with Gasteiger partial charge in [0.25, 0.3) is 0 Å². The fourth-order valence-electron chi connectivity index (χ4n) is 1.13. The highest BCUT2D eigenvalue weighted by molar-refractivity contribution is 6.16. The highest BCUT2D eigenvalue weighted by Crippen LogP contribution is 2.09. The van der Waals surface area contributed by atoms with Gasteiger partial charge >= 0.3 is 0 Å². The second-order valence-electron chi connectivity index (χ2n) is 2.76. The minimum Gasteiger partial charge on any atom is -0.395 e.